The van der Waals surface area contributed by atoms with E-state index in [0.29, 0.717) is 5.41 Å². The van der Waals surface area contributed by atoms with Crippen molar-refractivity contribution in [2.75, 3.05) is 0 Å². The smallest absolute Gasteiger partial charge is 0.0184 e. The van der Waals surface area contributed by atoms with E-state index in [2.05, 4.69) is 46.8 Å². The molecular formula is C19H34. The summed E-state index contributed by atoms with van der Waals surface area (Å²) in [4.78, 5) is 0. The first kappa shape index (κ1) is 15.1. The molecule has 0 aromatic heterocycles. The molecule has 0 bridgehead atoms. The lowest BCUT2D eigenvalue weighted by atomic mass is 9.65. The predicted molar refractivity (Wildman–Crippen MR) is 85.1 cm³/mol. The van der Waals surface area contributed by atoms with Crippen molar-refractivity contribution in [3.8, 4) is 0 Å². The second-order valence-corrected chi connectivity index (χ2v) is 8.32. The van der Waals surface area contributed by atoms with Gasteiger partial charge in [-0.3, -0.25) is 0 Å². The maximum absolute atomic E-state index is 2.59. The molecule has 0 aliphatic heterocycles. The Balaban J connectivity index is 1.91. The van der Waals surface area contributed by atoms with E-state index in [1.807, 2.05) is 0 Å². The number of allylic oxidation sites excluding steroid dienone is 2. The summed E-state index contributed by atoms with van der Waals surface area (Å²) in [7, 11) is 0. The second-order valence-electron chi connectivity index (χ2n) is 8.32. The van der Waals surface area contributed by atoms with E-state index in [9.17, 15) is 0 Å². The van der Waals surface area contributed by atoms with Crippen LogP contribution in [-0.4, -0.2) is 0 Å². The lowest BCUT2D eigenvalue weighted by molar-refractivity contribution is 0.142. The average Bonchev–Trinajstić information content (AvgIpc) is 2.38. The van der Waals surface area contributed by atoms with Gasteiger partial charge in [0.2, 0.25) is 0 Å². The fourth-order valence-electron chi connectivity index (χ4n) is 4.45. The van der Waals surface area contributed by atoms with Crippen molar-refractivity contribution < 1.29 is 0 Å². The van der Waals surface area contributed by atoms with E-state index in [1.54, 1.807) is 0 Å². The topological polar surface area (TPSA) is 0 Å². The quantitative estimate of drug-likeness (QED) is 0.529. The van der Waals surface area contributed by atoms with E-state index in [1.165, 1.54) is 38.5 Å². The molecule has 2 aliphatic carbocycles. The monoisotopic (exact) mass is 262 g/mol. The average molecular weight is 262 g/mol. The Morgan fingerprint density at radius 3 is 2.21 bits per heavy atom. The summed E-state index contributed by atoms with van der Waals surface area (Å²) < 4.78 is 0. The van der Waals surface area contributed by atoms with Crippen LogP contribution in [0, 0.1) is 35.0 Å². The molecule has 110 valence electrons. The Bertz CT molecular complexity index is 306. The van der Waals surface area contributed by atoms with Crippen LogP contribution in [0.4, 0.5) is 0 Å². The molecule has 1 saturated carbocycles. The molecule has 2 aliphatic rings. The van der Waals surface area contributed by atoms with Gasteiger partial charge < -0.3 is 0 Å². The van der Waals surface area contributed by atoms with Gasteiger partial charge >= 0.3 is 0 Å². The molecule has 19 heavy (non-hydrogen) atoms. The van der Waals surface area contributed by atoms with Crippen LogP contribution in [0.3, 0.4) is 0 Å². The van der Waals surface area contributed by atoms with E-state index >= 15 is 0 Å². The highest BCUT2D eigenvalue weighted by Crippen LogP contribution is 2.44. The molecule has 0 saturated heterocycles. The van der Waals surface area contributed by atoms with Gasteiger partial charge in [-0.2, -0.15) is 0 Å². The van der Waals surface area contributed by atoms with Gasteiger partial charge in [0.1, 0.15) is 0 Å². The molecule has 0 amide bonds. The summed E-state index contributed by atoms with van der Waals surface area (Å²) in [5.41, 5.74) is 0.453. The fourth-order valence-corrected chi connectivity index (χ4v) is 4.45. The van der Waals surface area contributed by atoms with Crippen molar-refractivity contribution >= 4 is 0 Å². The zero-order valence-corrected chi connectivity index (χ0v) is 13.8. The minimum atomic E-state index is 0.453. The summed E-state index contributed by atoms with van der Waals surface area (Å²) in [6.07, 6.45) is 13.8. The van der Waals surface area contributed by atoms with Crippen LogP contribution in [0.15, 0.2) is 12.2 Å². The fraction of sp³-hybridized carbons (Fsp3) is 0.895. The summed E-state index contributed by atoms with van der Waals surface area (Å²) in [5, 5.41) is 0. The van der Waals surface area contributed by atoms with Gasteiger partial charge in [-0.05, 0) is 67.1 Å². The first-order chi connectivity index (χ1) is 8.91. The normalized spacial score (nSPS) is 40.4. The Morgan fingerprint density at radius 2 is 1.74 bits per heavy atom. The zero-order valence-electron chi connectivity index (χ0n) is 13.8. The first-order valence-electron chi connectivity index (χ1n) is 8.60. The third-order valence-corrected chi connectivity index (χ3v) is 6.03. The Morgan fingerprint density at radius 1 is 1.00 bits per heavy atom. The van der Waals surface area contributed by atoms with E-state index in [-0.39, 0.29) is 0 Å². The van der Waals surface area contributed by atoms with Crippen LogP contribution < -0.4 is 0 Å². The van der Waals surface area contributed by atoms with Crippen molar-refractivity contribution in [1.82, 2.24) is 0 Å². The van der Waals surface area contributed by atoms with Crippen molar-refractivity contribution in [1.29, 1.82) is 0 Å². The van der Waals surface area contributed by atoms with Gasteiger partial charge in [0.15, 0.2) is 0 Å². The lowest BCUT2D eigenvalue weighted by Crippen LogP contribution is -2.29. The van der Waals surface area contributed by atoms with Gasteiger partial charge in [-0.15, -0.1) is 0 Å². The second kappa shape index (κ2) is 6.02. The standard InChI is InChI=1S/C19H34/c1-6-15-7-8-17(13-14(15)2)16-9-11-18(12-10-16)19(3,4)5/h9,11,14-18H,6-8,10,12-13H2,1-5H3. The third-order valence-electron chi connectivity index (χ3n) is 6.03. The molecule has 5 unspecified atom stereocenters. The Kier molecular flexibility index (Phi) is 4.79. The maximum atomic E-state index is 2.59. The molecule has 0 heterocycles. The molecule has 0 nitrogen and oxygen atoms in total. The molecule has 0 spiro atoms. The summed E-state index contributed by atoms with van der Waals surface area (Å²) >= 11 is 0. The maximum Gasteiger partial charge on any atom is -0.0184 e. The van der Waals surface area contributed by atoms with Gasteiger partial charge in [0.05, 0.1) is 0 Å². The van der Waals surface area contributed by atoms with Crippen LogP contribution >= 0.6 is 0 Å². The van der Waals surface area contributed by atoms with E-state index < -0.39 is 0 Å². The van der Waals surface area contributed by atoms with Crippen LogP contribution in [0.1, 0.15) is 73.1 Å². The predicted octanol–water partition coefficient (Wildman–Crippen LogP) is 6.08. The third kappa shape index (κ3) is 3.64. The van der Waals surface area contributed by atoms with Crippen molar-refractivity contribution in [3.05, 3.63) is 12.2 Å². The van der Waals surface area contributed by atoms with E-state index in [0.717, 1.165) is 29.6 Å². The first-order valence-corrected chi connectivity index (χ1v) is 8.60. The van der Waals surface area contributed by atoms with Crippen LogP contribution in [0.5, 0.6) is 0 Å². The van der Waals surface area contributed by atoms with Crippen molar-refractivity contribution in [3.63, 3.8) is 0 Å². The Labute approximate surface area is 121 Å². The molecule has 0 heteroatoms. The number of rotatable bonds is 2. The van der Waals surface area contributed by atoms with Gasteiger partial charge in [0, 0.05) is 0 Å². The lowest BCUT2D eigenvalue weighted by Gasteiger charge is -2.40. The highest BCUT2D eigenvalue weighted by molar-refractivity contribution is 5.03. The van der Waals surface area contributed by atoms with Crippen molar-refractivity contribution in [2.45, 2.75) is 73.1 Å². The van der Waals surface area contributed by atoms with Gasteiger partial charge in [-0.25, -0.2) is 0 Å². The number of hydrogen-bond acceptors (Lipinski definition) is 0. The molecule has 1 fully saturated rings. The largest absolute Gasteiger partial charge is 0.0848 e. The van der Waals surface area contributed by atoms with Crippen molar-refractivity contribution in [2.24, 2.45) is 35.0 Å². The highest BCUT2D eigenvalue weighted by Gasteiger charge is 2.33. The highest BCUT2D eigenvalue weighted by atomic mass is 14.4. The van der Waals surface area contributed by atoms with E-state index in [4.69, 9.17) is 0 Å². The summed E-state index contributed by atoms with van der Waals surface area (Å²) in [6, 6.07) is 0. The molecule has 2 rings (SSSR count). The van der Waals surface area contributed by atoms with Gasteiger partial charge in [0.25, 0.3) is 0 Å². The number of hydrogen-bond donors (Lipinski definition) is 0. The van der Waals surface area contributed by atoms with Crippen LogP contribution in [0.25, 0.3) is 0 Å². The summed E-state index contributed by atoms with van der Waals surface area (Å²) in [5.74, 6) is 4.63. The molecule has 0 aromatic rings. The molecule has 0 radical (unpaired) electrons. The minimum Gasteiger partial charge on any atom is -0.0848 e. The van der Waals surface area contributed by atoms with Crippen LogP contribution in [-0.2, 0) is 0 Å². The summed E-state index contributed by atoms with van der Waals surface area (Å²) in [6.45, 7) is 12.0. The molecule has 5 atom stereocenters. The zero-order chi connectivity index (χ0) is 14.0. The van der Waals surface area contributed by atoms with Crippen LogP contribution in [0.2, 0.25) is 0 Å². The molecule has 0 N–H and O–H groups in total. The minimum absolute atomic E-state index is 0.453. The molecule has 0 aromatic carbocycles. The Hall–Kier alpha value is -0.260. The van der Waals surface area contributed by atoms with Gasteiger partial charge in [-0.1, -0.05) is 53.2 Å². The SMILES string of the molecule is CCC1CCC(C2C=CC(C(C)(C)C)CC2)CC1C. The molecular weight excluding hydrogens is 228 g/mol.